The summed E-state index contributed by atoms with van der Waals surface area (Å²) >= 11 is 0. The number of nitrogens with one attached hydrogen (secondary N) is 4. The molecule has 5 atom stereocenters. The van der Waals surface area contributed by atoms with Crippen LogP contribution in [0.4, 0.5) is 0 Å². The smallest absolute Gasteiger partial charge is 0.328 e. The minimum atomic E-state index is -1.64. The summed E-state index contributed by atoms with van der Waals surface area (Å²) in [5.74, 6) is -5.33. The van der Waals surface area contributed by atoms with E-state index in [9.17, 15) is 34.2 Å². The minimum Gasteiger partial charge on any atom is -0.481 e. The van der Waals surface area contributed by atoms with Gasteiger partial charge < -0.3 is 42.0 Å². The number of carbonyl (C=O) groups excluding carboxylic acids is 3. The summed E-state index contributed by atoms with van der Waals surface area (Å²) < 4.78 is 0. The van der Waals surface area contributed by atoms with Gasteiger partial charge >= 0.3 is 11.9 Å². The molecule has 5 unspecified atom stereocenters. The summed E-state index contributed by atoms with van der Waals surface area (Å²) in [4.78, 5) is 64.6. The summed E-state index contributed by atoms with van der Waals surface area (Å²) in [6.45, 7) is 4.61. The van der Waals surface area contributed by atoms with Crippen LogP contribution in [-0.4, -0.2) is 80.2 Å². The number of carboxylic acids is 2. The molecule has 0 saturated heterocycles. The lowest BCUT2D eigenvalue weighted by Crippen LogP contribution is -2.59. The Kier molecular flexibility index (Phi) is 10.8. The van der Waals surface area contributed by atoms with Crippen molar-refractivity contribution in [2.75, 3.05) is 0 Å². The fourth-order valence-electron chi connectivity index (χ4n) is 3.75. The lowest BCUT2D eigenvalue weighted by atomic mass is 10.0. The van der Waals surface area contributed by atoms with Gasteiger partial charge in [-0.2, -0.15) is 0 Å². The lowest BCUT2D eigenvalue weighted by molar-refractivity contribution is -0.145. The molecule has 2 aromatic rings. The number of benzene rings is 1. The number of carbonyl (C=O) groups is 5. The topological polar surface area (TPSA) is 224 Å². The average Bonchev–Trinajstić information content (AvgIpc) is 3.25. The number of aromatic amines is 1. The van der Waals surface area contributed by atoms with Crippen molar-refractivity contribution in [1.82, 2.24) is 20.9 Å². The Bertz CT molecular complexity index is 1160. The number of hydrogen-bond acceptors (Lipinski definition) is 7. The van der Waals surface area contributed by atoms with Crippen LogP contribution in [0.3, 0.4) is 0 Å². The summed E-state index contributed by atoms with van der Waals surface area (Å²) in [6.07, 6.45) is -0.576. The zero-order valence-corrected chi connectivity index (χ0v) is 21.4. The molecule has 0 radical (unpaired) electrons. The number of nitrogens with two attached hydrogens (primary N) is 1. The van der Waals surface area contributed by atoms with Crippen molar-refractivity contribution >= 4 is 40.6 Å². The first-order valence-electron chi connectivity index (χ1n) is 12.2. The molecule has 0 spiro atoms. The molecule has 208 valence electrons. The van der Waals surface area contributed by atoms with Gasteiger partial charge in [0.25, 0.3) is 0 Å². The molecule has 1 heterocycles. The molecule has 9 N–H and O–H groups in total. The number of aromatic nitrogens is 1. The Balaban J connectivity index is 2.35. The number of H-pyrrole nitrogens is 1. The monoisotopic (exact) mass is 533 g/mol. The van der Waals surface area contributed by atoms with Gasteiger partial charge in [-0.05, 0) is 30.9 Å². The van der Waals surface area contributed by atoms with Crippen LogP contribution >= 0.6 is 0 Å². The molecule has 0 aliphatic carbocycles. The summed E-state index contributed by atoms with van der Waals surface area (Å²) in [6, 6.07) is 1.97. The van der Waals surface area contributed by atoms with Crippen LogP contribution in [0.5, 0.6) is 0 Å². The van der Waals surface area contributed by atoms with E-state index in [2.05, 4.69) is 20.9 Å². The molecule has 38 heavy (non-hydrogen) atoms. The van der Waals surface area contributed by atoms with Crippen molar-refractivity contribution in [3.8, 4) is 0 Å². The number of aliphatic carboxylic acids is 2. The summed E-state index contributed by atoms with van der Waals surface area (Å²) in [5, 5.41) is 36.2. The fourth-order valence-corrected chi connectivity index (χ4v) is 3.75. The van der Waals surface area contributed by atoms with Crippen molar-refractivity contribution in [2.45, 2.75) is 70.3 Å². The van der Waals surface area contributed by atoms with Crippen LogP contribution in [0.15, 0.2) is 30.5 Å². The molecular weight excluding hydrogens is 498 g/mol. The molecule has 1 aromatic carbocycles. The first-order valence-corrected chi connectivity index (χ1v) is 12.2. The van der Waals surface area contributed by atoms with Gasteiger partial charge in [-0.15, -0.1) is 0 Å². The number of aliphatic hydroxyl groups excluding tert-OH is 1. The molecule has 1 aromatic heterocycles. The van der Waals surface area contributed by atoms with E-state index in [4.69, 9.17) is 10.8 Å². The standard InChI is InChI=1S/C25H35N5O8/c1-12(2)20(26)24(36)28-17(8-9-19(32)33)22(34)29-18(23(35)30-21(13(3)31)25(37)38)10-14-11-27-16-7-5-4-6-15(14)16/h4-7,11-13,17-18,20-21,27,31H,8-10,26H2,1-3H3,(H,28,36)(H,29,34)(H,30,35)(H,32,33)(H,37,38). The molecule has 13 heteroatoms. The molecule has 3 amide bonds. The molecular formula is C25H35N5O8. The first kappa shape index (κ1) is 30.3. The molecule has 0 aliphatic heterocycles. The molecule has 0 bridgehead atoms. The van der Waals surface area contributed by atoms with Crippen LogP contribution in [0.1, 0.15) is 39.2 Å². The van der Waals surface area contributed by atoms with E-state index < -0.39 is 66.4 Å². The normalized spacial score (nSPS) is 15.2. The fraction of sp³-hybridized carbons (Fsp3) is 0.480. The number of amides is 3. The van der Waals surface area contributed by atoms with E-state index in [1.54, 1.807) is 32.2 Å². The minimum absolute atomic E-state index is 0.0706. The van der Waals surface area contributed by atoms with Crippen molar-refractivity contribution in [2.24, 2.45) is 11.7 Å². The number of para-hydroxylation sites is 1. The Hall–Kier alpha value is -3.97. The first-order chi connectivity index (χ1) is 17.8. The van der Waals surface area contributed by atoms with Crippen molar-refractivity contribution in [3.05, 3.63) is 36.0 Å². The van der Waals surface area contributed by atoms with Crippen molar-refractivity contribution in [1.29, 1.82) is 0 Å². The molecule has 2 rings (SSSR count). The van der Waals surface area contributed by atoms with Crippen LogP contribution in [0, 0.1) is 5.92 Å². The number of fused-ring (bicyclic) bond motifs is 1. The average molecular weight is 534 g/mol. The van der Waals surface area contributed by atoms with Gasteiger partial charge in [0, 0.05) is 29.9 Å². The highest BCUT2D eigenvalue weighted by atomic mass is 16.4. The third-order valence-electron chi connectivity index (χ3n) is 6.08. The third kappa shape index (κ3) is 8.28. The van der Waals surface area contributed by atoms with Crippen LogP contribution in [-0.2, 0) is 30.4 Å². The quantitative estimate of drug-likeness (QED) is 0.156. The molecule has 0 fully saturated rings. The maximum absolute atomic E-state index is 13.2. The maximum Gasteiger partial charge on any atom is 0.328 e. The number of hydrogen-bond donors (Lipinski definition) is 8. The molecule has 0 aliphatic rings. The van der Waals surface area contributed by atoms with Gasteiger partial charge in [-0.3, -0.25) is 19.2 Å². The highest BCUT2D eigenvalue weighted by Crippen LogP contribution is 2.19. The van der Waals surface area contributed by atoms with Gasteiger partial charge in [0.15, 0.2) is 6.04 Å². The molecule has 0 saturated carbocycles. The second kappa shape index (κ2) is 13.5. The van der Waals surface area contributed by atoms with Crippen molar-refractivity contribution < 1.29 is 39.3 Å². The van der Waals surface area contributed by atoms with E-state index in [0.717, 1.165) is 10.9 Å². The Morgan fingerprint density at radius 3 is 2.11 bits per heavy atom. The van der Waals surface area contributed by atoms with Crippen LogP contribution in [0.2, 0.25) is 0 Å². The van der Waals surface area contributed by atoms with Gasteiger partial charge in [0.05, 0.1) is 12.1 Å². The summed E-state index contributed by atoms with van der Waals surface area (Å²) in [5.41, 5.74) is 7.27. The second-order valence-electron chi connectivity index (χ2n) is 9.45. The summed E-state index contributed by atoms with van der Waals surface area (Å²) in [7, 11) is 0. The Morgan fingerprint density at radius 2 is 1.53 bits per heavy atom. The van der Waals surface area contributed by atoms with Gasteiger partial charge in [-0.25, -0.2) is 4.79 Å². The highest BCUT2D eigenvalue weighted by Gasteiger charge is 2.33. The number of aliphatic hydroxyl groups is 1. The van der Waals surface area contributed by atoms with E-state index in [-0.39, 0.29) is 18.8 Å². The van der Waals surface area contributed by atoms with Gasteiger partial charge in [-0.1, -0.05) is 32.0 Å². The number of carboxylic acid groups (broad SMARTS) is 2. The second-order valence-corrected chi connectivity index (χ2v) is 9.45. The van der Waals surface area contributed by atoms with E-state index in [1.807, 2.05) is 12.1 Å². The zero-order chi connectivity index (χ0) is 28.6. The third-order valence-corrected chi connectivity index (χ3v) is 6.08. The van der Waals surface area contributed by atoms with Crippen molar-refractivity contribution in [3.63, 3.8) is 0 Å². The largest absolute Gasteiger partial charge is 0.481 e. The predicted molar refractivity (Wildman–Crippen MR) is 137 cm³/mol. The van der Waals surface area contributed by atoms with E-state index >= 15 is 0 Å². The number of rotatable bonds is 14. The van der Waals surface area contributed by atoms with Gasteiger partial charge in [0.1, 0.15) is 12.1 Å². The Morgan fingerprint density at radius 1 is 0.921 bits per heavy atom. The Labute approximate surface area is 219 Å². The zero-order valence-electron chi connectivity index (χ0n) is 21.4. The highest BCUT2D eigenvalue weighted by molar-refractivity contribution is 5.95. The maximum atomic E-state index is 13.2. The van der Waals surface area contributed by atoms with E-state index in [1.165, 1.54) is 6.92 Å². The van der Waals surface area contributed by atoms with E-state index in [0.29, 0.717) is 5.56 Å². The lowest BCUT2D eigenvalue weighted by Gasteiger charge is -2.26. The van der Waals surface area contributed by atoms with Gasteiger partial charge in [0.2, 0.25) is 17.7 Å². The predicted octanol–water partition coefficient (Wildman–Crippen LogP) is -0.522. The molecule has 13 nitrogen and oxygen atoms in total. The van der Waals surface area contributed by atoms with Crippen LogP contribution < -0.4 is 21.7 Å². The van der Waals surface area contributed by atoms with Crippen LogP contribution in [0.25, 0.3) is 10.9 Å². The SMILES string of the molecule is CC(C)C(N)C(=O)NC(CCC(=O)O)C(=O)NC(Cc1c[nH]c2ccccc12)C(=O)NC(C(=O)O)C(C)O.